The lowest BCUT2D eigenvalue weighted by Crippen LogP contribution is -2.10. The first-order valence-electron chi connectivity index (χ1n) is 5.94. The summed E-state index contributed by atoms with van der Waals surface area (Å²) in [4.78, 5) is 3.98. The van der Waals surface area contributed by atoms with E-state index in [1.165, 1.54) is 0 Å². The molecule has 0 radical (unpaired) electrons. The van der Waals surface area contributed by atoms with Crippen LogP contribution >= 0.6 is 0 Å². The predicted molar refractivity (Wildman–Crippen MR) is 66.6 cm³/mol. The lowest BCUT2D eigenvalue weighted by atomic mass is 10.1. The van der Waals surface area contributed by atoms with Crippen molar-refractivity contribution >= 4 is 0 Å². The smallest absolute Gasteiger partial charge is 0.127 e. The number of hydrogen-bond donors (Lipinski definition) is 1. The van der Waals surface area contributed by atoms with E-state index in [1.54, 1.807) is 12.5 Å². The molecular formula is C13H15N3O2. The summed E-state index contributed by atoms with van der Waals surface area (Å²) in [7, 11) is 0. The Morgan fingerprint density at radius 2 is 2.44 bits per heavy atom. The van der Waals surface area contributed by atoms with E-state index in [0.717, 1.165) is 23.6 Å². The average molecular weight is 245 g/mol. The van der Waals surface area contributed by atoms with Crippen LogP contribution in [0.2, 0.25) is 0 Å². The molecule has 2 aromatic rings. The minimum Gasteiger partial charge on any atom is -0.492 e. The maximum absolute atomic E-state index is 5.88. The largest absolute Gasteiger partial charge is 0.492 e. The third kappa shape index (κ3) is 2.17. The second-order valence-corrected chi connectivity index (χ2v) is 4.27. The van der Waals surface area contributed by atoms with Crippen molar-refractivity contribution < 1.29 is 9.47 Å². The molecule has 1 aliphatic heterocycles. The van der Waals surface area contributed by atoms with Crippen molar-refractivity contribution in [2.24, 2.45) is 5.73 Å². The Bertz CT molecular complexity index is 525. The van der Waals surface area contributed by atoms with E-state index >= 15 is 0 Å². The van der Waals surface area contributed by atoms with Gasteiger partial charge in [0.2, 0.25) is 0 Å². The number of hydrogen-bond acceptors (Lipinski definition) is 4. The van der Waals surface area contributed by atoms with Gasteiger partial charge in [-0.15, -0.1) is 0 Å². The number of ether oxygens (including phenoxy) is 2. The fourth-order valence-corrected chi connectivity index (χ4v) is 1.99. The molecule has 1 unspecified atom stereocenters. The molecule has 18 heavy (non-hydrogen) atoms. The fourth-order valence-electron chi connectivity index (χ4n) is 1.99. The van der Waals surface area contributed by atoms with E-state index in [0.29, 0.717) is 13.2 Å². The van der Waals surface area contributed by atoms with Crippen LogP contribution in [0.4, 0.5) is 0 Å². The highest BCUT2D eigenvalue weighted by molar-refractivity contribution is 5.44. The van der Waals surface area contributed by atoms with E-state index < -0.39 is 0 Å². The van der Waals surface area contributed by atoms with Gasteiger partial charge in [-0.1, -0.05) is 0 Å². The number of fused-ring (bicyclic) bond motifs is 1. The molecule has 1 aromatic carbocycles. The van der Waals surface area contributed by atoms with E-state index in [1.807, 2.05) is 29.0 Å². The van der Waals surface area contributed by atoms with E-state index in [2.05, 4.69) is 4.98 Å². The maximum Gasteiger partial charge on any atom is 0.127 e. The highest BCUT2D eigenvalue weighted by atomic mass is 16.5. The van der Waals surface area contributed by atoms with Gasteiger partial charge in [-0.3, -0.25) is 0 Å². The number of imidazole rings is 1. The Labute approximate surface area is 105 Å². The molecule has 94 valence electrons. The van der Waals surface area contributed by atoms with Crippen molar-refractivity contribution in [2.75, 3.05) is 13.2 Å². The van der Waals surface area contributed by atoms with Crippen LogP contribution in [0.3, 0.4) is 0 Å². The van der Waals surface area contributed by atoms with Gasteiger partial charge in [0.25, 0.3) is 0 Å². The molecule has 3 rings (SSSR count). The molecule has 5 nitrogen and oxygen atoms in total. The lowest BCUT2D eigenvalue weighted by molar-refractivity contribution is 0.294. The molecule has 0 aliphatic carbocycles. The summed E-state index contributed by atoms with van der Waals surface area (Å²) in [6.45, 7) is 1.92. The molecule has 0 saturated carbocycles. The van der Waals surface area contributed by atoms with Crippen LogP contribution in [0.1, 0.15) is 11.6 Å². The normalized spacial score (nSPS) is 17.3. The minimum atomic E-state index is -0.0139. The van der Waals surface area contributed by atoms with E-state index in [9.17, 15) is 0 Å². The Morgan fingerprint density at radius 1 is 1.50 bits per heavy atom. The highest BCUT2D eigenvalue weighted by Gasteiger charge is 2.20. The van der Waals surface area contributed by atoms with Crippen molar-refractivity contribution in [3.63, 3.8) is 0 Å². The first kappa shape index (κ1) is 11.1. The molecule has 0 spiro atoms. The van der Waals surface area contributed by atoms with Gasteiger partial charge in [0, 0.05) is 24.0 Å². The maximum atomic E-state index is 5.88. The number of nitrogens with two attached hydrogens (primary N) is 1. The predicted octanol–water partition coefficient (Wildman–Crippen LogP) is 1.35. The molecule has 5 heteroatoms. The number of benzene rings is 1. The van der Waals surface area contributed by atoms with Gasteiger partial charge >= 0.3 is 0 Å². The van der Waals surface area contributed by atoms with Crippen LogP contribution < -0.4 is 15.2 Å². The monoisotopic (exact) mass is 245 g/mol. The lowest BCUT2D eigenvalue weighted by Gasteiger charge is -2.08. The summed E-state index contributed by atoms with van der Waals surface area (Å²) < 4.78 is 13.1. The summed E-state index contributed by atoms with van der Waals surface area (Å²) in [5.74, 6) is 1.64. The summed E-state index contributed by atoms with van der Waals surface area (Å²) in [5, 5.41) is 0. The van der Waals surface area contributed by atoms with Crippen LogP contribution in [-0.2, 0) is 6.54 Å². The first-order valence-corrected chi connectivity index (χ1v) is 5.94. The van der Waals surface area contributed by atoms with Crippen LogP contribution in [0.25, 0.3) is 0 Å². The number of nitrogens with zero attached hydrogens (tertiary/aromatic N) is 2. The average Bonchev–Trinajstić information content (AvgIpc) is 3.00. The van der Waals surface area contributed by atoms with E-state index in [-0.39, 0.29) is 6.04 Å². The van der Waals surface area contributed by atoms with Crippen LogP contribution in [-0.4, -0.2) is 22.8 Å². The van der Waals surface area contributed by atoms with Crippen molar-refractivity contribution in [3.8, 4) is 11.5 Å². The zero-order valence-electron chi connectivity index (χ0n) is 9.95. The van der Waals surface area contributed by atoms with Crippen LogP contribution in [0.15, 0.2) is 36.9 Å². The van der Waals surface area contributed by atoms with Gasteiger partial charge in [-0.25, -0.2) is 4.98 Å². The van der Waals surface area contributed by atoms with Crippen molar-refractivity contribution in [2.45, 2.75) is 12.6 Å². The molecular weight excluding hydrogens is 230 g/mol. The Balaban J connectivity index is 1.60. The molecule has 0 saturated heterocycles. The SMILES string of the molecule is NC1COc2cc(OCCn3ccnc3)ccc21. The first-order chi connectivity index (χ1) is 8.83. The van der Waals surface area contributed by atoms with Crippen molar-refractivity contribution in [1.82, 2.24) is 9.55 Å². The van der Waals surface area contributed by atoms with E-state index in [4.69, 9.17) is 15.2 Å². The fraction of sp³-hybridized carbons (Fsp3) is 0.308. The molecule has 0 fully saturated rings. The quantitative estimate of drug-likeness (QED) is 0.883. The van der Waals surface area contributed by atoms with Gasteiger partial charge in [-0.05, 0) is 12.1 Å². The van der Waals surface area contributed by atoms with Crippen molar-refractivity contribution in [3.05, 3.63) is 42.5 Å². The van der Waals surface area contributed by atoms with Crippen molar-refractivity contribution in [1.29, 1.82) is 0 Å². The number of rotatable bonds is 4. The second-order valence-electron chi connectivity index (χ2n) is 4.27. The molecule has 1 aromatic heterocycles. The van der Waals surface area contributed by atoms with Gasteiger partial charge in [0.05, 0.1) is 18.9 Å². The minimum absolute atomic E-state index is 0.0139. The standard InChI is InChI=1S/C13H15N3O2/c14-12-8-18-13-7-10(1-2-11(12)13)17-6-5-16-4-3-15-9-16/h1-4,7,9,12H,5-6,8,14H2. The summed E-state index contributed by atoms with van der Waals surface area (Å²) in [6.07, 6.45) is 5.44. The zero-order chi connectivity index (χ0) is 12.4. The third-order valence-corrected chi connectivity index (χ3v) is 2.98. The van der Waals surface area contributed by atoms with Gasteiger partial charge in [0.1, 0.15) is 24.7 Å². The van der Waals surface area contributed by atoms with Gasteiger partial charge in [0.15, 0.2) is 0 Å². The summed E-state index contributed by atoms with van der Waals surface area (Å²) >= 11 is 0. The van der Waals surface area contributed by atoms with Crippen LogP contribution in [0.5, 0.6) is 11.5 Å². The molecule has 1 aliphatic rings. The summed E-state index contributed by atoms with van der Waals surface area (Å²) in [6, 6.07) is 5.79. The molecule has 2 heterocycles. The Kier molecular flexibility index (Phi) is 2.90. The molecule has 0 bridgehead atoms. The molecule has 1 atom stereocenters. The number of aromatic nitrogens is 2. The second kappa shape index (κ2) is 4.70. The highest BCUT2D eigenvalue weighted by Crippen LogP contribution is 2.33. The Morgan fingerprint density at radius 3 is 3.28 bits per heavy atom. The van der Waals surface area contributed by atoms with Gasteiger partial charge in [-0.2, -0.15) is 0 Å². The molecule has 2 N–H and O–H groups in total. The third-order valence-electron chi connectivity index (χ3n) is 2.98. The van der Waals surface area contributed by atoms with Crippen LogP contribution in [0, 0.1) is 0 Å². The topological polar surface area (TPSA) is 62.3 Å². The Hall–Kier alpha value is -2.01. The zero-order valence-corrected chi connectivity index (χ0v) is 9.95. The molecule has 0 amide bonds. The van der Waals surface area contributed by atoms with Gasteiger partial charge < -0.3 is 19.8 Å². The summed E-state index contributed by atoms with van der Waals surface area (Å²) in [5.41, 5.74) is 6.94.